The van der Waals surface area contributed by atoms with E-state index >= 15 is 0 Å². The zero-order chi connectivity index (χ0) is 27.0. The van der Waals surface area contributed by atoms with E-state index in [0.717, 1.165) is 20.7 Å². The maximum absolute atomic E-state index is 13.0. The summed E-state index contributed by atoms with van der Waals surface area (Å²) in [5.41, 5.74) is 0.666. The Labute approximate surface area is 221 Å². The van der Waals surface area contributed by atoms with Gasteiger partial charge in [-0.3, -0.25) is 19.5 Å². The van der Waals surface area contributed by atoms with E-state index in [1.165, 1.54) is 23.5 Å². The van der Waals surface area contributed by atoms with E-state index in [-0.39, 0.29) is 23.7 Å². The number of carbonyl (C=O) groups excluding carboxylic acids is 2. The Bertz CT molecular complexity index is 1650. The maximum Gasteiger partial charge on any atom is 0.410 e. The highest BCUT2D eigenvalue weighted by Gasteiger charge is 2.28. The van der Waals surface area contributed by atoms with Crippen molar-refractivity contribution in [2.75, 3.05) is 11.9 Å². The fraction of sp³-hybridized carbons (Fsp3) is 0.296. The highest BCUT2D eigenvalue weighted by atomic mass is 32.1. The van der Waals surface area contributed by atoms with Crippen LogP contribution in [-0.2, 0) is 24.2 Å². The van der Waals surface area contributed by atoms with Crippen LogP contribution in [-0.4, -0.2) is 43.6 Å². The summed E-state index contributed by atoms with van der Waals surface area (Å²) in [5, 5.41) is 3.52. The van der Waals surface area contributed by atoms with Crippen LogP contribution in [0.15, 0.2) is 58.1 Å². The minimum absolute atomic E-state index is 0.146. The van der Waals surface area contributed by atoms with E-state index in [4.69, 9.17) is 4.74 Å². The average molecular weight is 534 g/mol. The van der Waals surface area contributed by atoms with Crippen molar-refractivity contribution in [2.45, 2.75) is 45.9 Å². The second kappa shape index (κ2) is 9.90. The van der Waals surface area contributed by atoms with E-state index in [1.807, 2.05) is 51.1 Å². The molecule has 196 valence electrons. The average Bonchev–Trinajstić information content (AvgIpc) is 3.27. The molecule has 5 rings (SSSR count). The number of ether oxygens (including phenoxy) is 1. The standard InChI is InChI=1S/C27H27N5O5S/c1-27(2,3)37-26(36)31-12-11-19-21(15-31)38-24(28-19)30-22(33)17-9-10-18-20(13-17)29-25(35)32(23(18)34)14-16-7-5-4-6-8-16/h4-10,13H,11-12,14-15H2,1-3H3,(H,29,35)(H,28,30,33). The van der Waals surface area contributed by atoms with Gasteiger partial charge in [0.1, 0.15) is 5.60 Å². The Morgan fingerprint density at radius 2 is 1.89 bits per heavy atom. The van der Waals surface area contributed by atoms with E-state index in [0.29, 0.717) is 30.0 Å². The van der Waals surface area contributed by atoms with E-state index in [2.05, 4.69) is 15.3 Å². The molecule has 3 heterocycles. The number of aromatic nitrogens is 3. The van der Waals surface area contributed by atoms with Gasteiger partial charge in [-0.15, -0.1) is 0 Å². The highest BCUT2D eigenvalue weighted by Crippen LogP contribution is 2.29. The maximum atomic E-state index is 13.0. The number of aromatic amines is 1. The largest absolute Gasteiger partial charge is 0.444 e. The molecule has 0 bridgehead atoms. The zero-order valence-electron chi connectivity index (χ0n) is 21.2. The highest BCUT2D eigenvalue weighted by molar-refractivity contribution is 7.15. The SMILES string of the molecule is CC(C)(C)OC(=O)N1CCc2nc(NC(=O)c3ccc4c(=O)n(Cc5ccccc5)c(=O)[nH]c4c3)sc2C1. The van der Waals surface area contributed by atoms with Crippen LogP contribution in [0.4, 0.5) is 9.93 Å². The molecule has 0 spiro atoms. The lowest BCUT2D eigenvalue weighted by Gasteiger charge is -2.29. The quantitative estimate of drug-likeness (QED) is 0.412. The number of benzene rings is 2. The number of anilines is 1. The number of carbonyl (C=O) groups is 2. The summed E-state index contributed by atoms with van der Waals surface area (Å²) >= 11 is 1.31. The number of nitrogens with one attached hydrogen (secondary N) is 2. The molecular weight excluding hydrogens is 506 g/mol. The third-order valence-corrected chi connectivity index (χ3v) is 7.03. The van der Waals surface area contributed by atoms with Crippen LogP contribution in [0.3, 0.4) is 0 Å². The molecule has 10 nitrogen and oxygen atoms in total. The number of thiazole rings is 1. The van der Waals surface area contributed by atoms with Crippen LogP contribution < -0.4 is 16.6 Å². The van der Waals surface area contributed by atoms with Crippen molar-refractivity contribution in [2.24, 2.45) is 0 Å². The second-order valence-corrected chi connectivity index (χ2v) is 11.1. The Kier molecular flexibility index (Phi) is 6.62. The van der Waals surface area contributed by atoms with Crippen molar-refractivity contribution < 1.29 is 14.3 Å². The fourth-order valence-corrected chi connectivity index (χ4v) is 5.22. The smallest absolute Gasteiger partial charge is 0.410 e. The normalized spacial score (nSPS) is 13.3. The molecule has 0 atom stereocenters. The van der Waals surface area contributed by atoms with Crippen LogP contribution in [0, 0.1) is 0 Å². The molecule has 1 aliphatic heterocycles. The van der Waals surface area contributed by atoms with Gasteiger partial charge in [-0.2, -0.15) is 0 Å². The second-order valence-electron chi connectivity index (χ2n) is 10.1. The number of amides is 2. The third-order valence-electron chi connectivity index (χ3n) is 6.03. The van der Waals surface area contributed by atoms with Gasteiger partial charge in [-0.05, 0) is 44.5 Å². The lowest BCUT2D eigenvalue weighted by molar-refractivity contribution is 0.0225. The number of hydrogen-bond acceptors (Lipinski definition) is 7. The van der Waals surface area contributed by atoms with Crippen LogP contribution in [0.5, 0.6) is 0 Å². The molecule has 0 aliphatic carbocycles. The number of nitrogens with zero attached hydrogens (tertiary/aromatic N) is 3. The molecule has 0 radical (unpaired) electrons. The lowest BCUT2D eigenvalue weighted by atomic mass is 10.1. The van der Waals surface area contributed by atoms with Crippen LogP contribution in [0.1, 0.15) is 47.3 Å². The molecule has 2 N–H and O–H groups in total. The molecule has 0 saturated carbocycles. The Morgan fingerprint density at radius 1 is 1.13 bits per heavy atom. The van der Waals surface area contributed by atoms with Crippen molar-refractivity contribution >= 4 is 39.4 Å². The summed E-state index contributed by atoms with van der Waals surface area (Å²) in [6, 6.07) is 13.8. The molecule has 2 amide bonds. The van der Waals surface area contributed by atoms with Gasteiger partial charge in [0.2, 0.25) is 0 Å². The summed E-state index contributed by atoms with van der Waals surface area (Å²) in [7, 11) is 0. The number of rotatable bonds is 4. The van der Waals surface area contributed by atoms with Gasteiger partial charge in [-0.1, -0.05) is 41.7 Å². The van der Waals surface area contributed by atoms with Crippen LogP contribution in [0.25, 0.3) is 10.9 Å². The van der Waals surface area contributed by atoms with Crippen molar-refractivity contribution in [3.8, 4) is 0 Å². The van der Waals surface area contributed by atoms with Gasteiger partial charge in [0, 0.05) is 23.4 Å². The van der Waals surface area contributed by atoms with Crippen molar-refractivity contribution in [1.29, 1.82) is 0 Å². The summed E-state index contributed by atoms with van der Waals surface area (Å²) in [4.78, 5) is 60.8. The van der Waals surface area contributed by atoms with Crippen molar-refractivity contribution in [1.82, 2.24) is 19.4 Å². The van der Waals surface area contributed by atoms with E-state index in [9.17, 15) is 19.2 Å². The number of fused-ring (bicyclic) bond motifs is 2. The van der Waals surface area contributed by atoms with Crippen LogP contribution in [0.2, 0.25) is 0 Å². The monoisotopic (exact) mass is 533 g/mol. The first-order valence-electron chi connectivity index (χ1n) is 12.2. The van der Waals surface area contributed by atoms with Gasteiger partial charge < -0.3 is 14.6 Å². The van der Waals surface area contributed by atoms with Crippen LogP contribution >= 0.6 is 11.3 Å². The molecule has 0 fully saturated rings. The topological polar surface area (TPSA) is 126 Å². The fourth-order valence-electron chi connectivity index (χ4n) is 4.21. The van der Waals surface area contributed by atoms with Crippen molar-refractivity contribution in [3.05, 3.63) is 91.1 Å². The molecule has 0 saturated heterocycles. The molecule has 1 aliphatic rings. The first kappa shape index (κ1) is 25.4. The number of hydrogen-bond donors (Lipinski definition) is 2. The molecule has 2 aromatic carbocycles. The lowest BCUT2D eigenvalue weighted by Crippen LogP contribution is -2.39. The molecule has 0 unspecified atom stereocenters. The van der Waals surface area contributed by atoms with E-state index < -0.39 is 22.8 Å². The predicted molar refractivity (Wildman–Crippen MR) is 145 cm³/mol. The Morgan fingerprint density at radius 3 is 2.63 bits per heavy atom. The molecule has 2 aromatic heterocycles. The molecular formula is C27H27N5O5S. The molecule has 38 heavy (non-hydrogen) atoms. The molecule has 11 heteroatoms. The number of H-pyrrole nitrogens is 1. The zero-order valence-corrected chi connectivity index (χ0v) is 22.1. The minimum atomic E-state index is -0.580. The third kappa shape index (κ3) is 5.37. The molecule has 4 aromatic rings. The van der Waals surface area contributed by atoms with Gasteiger partial charge in [-0.25, -0.2) is 14.6 Å². The summed E-state index contributed by atoms with van der Waals surface area (Å²) < 4.78 is 6.60. The predicted octanol–water partition coefficient (Wildman–Crippen LogP) is 3.74. The first-order valence-corrected chi connectivity index (χ1v) is 13.0. The first-order chi connectivity index (χ1) is 18.1. The van der Waals surface area contributed by atoms with Gasteiger partial charge in [0.05, 0.1) is 29.7 Å². The van der Waals surface area contributed by atoms with Gasteiger partial charge in [0.15, 0.2) is 5.13 Å². The minimum Gasteiger partial charge on any atom is -0.444 e. The summed E-state index contributed by atoms with van der Waals surface area (Å²) in [6.45, 7) is 6.46. The van der Waals surface area contributed by atoms with Gasteiger partial charge in [0.25, 0.3) is 11.5 Å². The van der Waals surface area contributed by atoms with Gasteiger partial charge >= 0.3 is 11.8 Å². The van der Waals surface area contributed by atoms with E-state index in [1.54, 1.807) is 11.0 Å². The summed E-state index contributed by atoms with van der Waals surface area (Å²) in [6.07, 6.45) is 0.183. The summed E-state index contributed by atoms with van der Waals surface area (Å²) in [5.74, 6) is -0.420. The Balaban J connectivity index is 1.32. The van der Waals surface area contributed by atoms with Crippen molar-refractivity contribution in [3.63, 3.8) is 0 Å². The Hall–Kier alpha value is -4.25.